The molecule has 2 aromatic heterocycles. The van der Waals surface area contributed by atoms with Gasteiger partial charge < -0.3 is 10.1 Å². The van der Waals surface area contributed by atoms with Crippen LogP contribution in [0.3, 0.4) is 0 Å². The second kappa shape index (κ2) is 5.85. The highest BCUT2D eigenvalue weighted by Gasteiger charge is 2.19. The third-order valence-corrected chi connectivity index (χ3v) is 3.58. The van der Waals surface area contributed by atoms with Crippen molar-refractivity contribution in [2.24, 2.45) is 0 Å². The van der Waals surface area contributed by atoms with Gasteiger partial charge in [-0.05, 0) is 17.7 Å². The first-order chi connectivity index (χ1) is 11.4. The third-order valence-electron chi connectivity index (χ3n) is 3.58. The molecule has 0 atom stereocenters. The van der Waals surface area contributed by atoms with E-state index in [1.165, 1.54) is 23.9 Å². The van der Waals surface area contributed by atoms with Crippen LogP contribution in [-0.2, 0) is 6.42 Å². The standard InChI is InChI=1S/C15H10F3N3O3/c16-9-2-6(14(22)13(18)12(9)17)1-7-4-19-10-3-11(15(23)21-24)20-5-8(7)10/h2-5,19,22,24H,1H2,(H,21,23). The van der Waals surface area contributed by atoms with E-state index in [4.69, 9.17) is 5.21 Å². The molecule has 0 radical (unpaired) electrons. The van der Waals surface area contributed by atoms with Gasteiger partial charge in [0.05, 0.1) is 0 Å². The first-order valence-electron chi connectivity index (χ1n) is 6.68. The van der Waals surface area contributed by atoms with E-state index < -0.39 is 29.1 Å². The predicted molar refractivity (Wildman–Crippen MR) is 76.1 cm³/mol. The maximum Gasteiger partial charge on any atom is 0.293 e. The number of fused-ring (bicyclic) bond motifs is 1. The zero-order valence-electron chi connectivity index (χ0n) is 11.9. The van der Waals surface area contributed by atoms with Crippen LogP contribution in [0, 0.1) is 17.5 Å². The molecule has 0 unspecified atom stereocenters. The molecule has 124 valence electrons. The van der Waals surface area contributed by atoms with Crippen molar-refractivity contribution in [2.75, 3.05) is 0 Å². The van der Waals surface area contributed by atoms with E-state index in [-0.39, 0.29) is 17.7 Å². The Morgan fingerprint density at radius 3 is 2.67 bits per heavy atom. The minimum absolute atomic E-state index is 0.0416. The lowest BCUT2D eigenvalue weighted by atomic mass is 10.0. The zero-order valence-corrected chi connectivity index (χ0v) is 11.9. The van der Waals surface area contributed by atoms with Crippen LogP contribution in [0.1, 0.15) is 21.6 Å². The Hall–Kier alpha value is -3.07. The topological polar surface area (TPSA) is 98.2 Å². The highest BCUT2D eigenvalue weighted by atomic mass is 19.2. The van der Waals surface area contributed by atoms with Crippen molar-refractivity contribution in [3.8, 4) is 5.75 Å². The van der Waals surface area contributed by atoms with E-state index in [0.717, 1.165) is 0 Å². The van der Waals surface area contributed by atoms with Crippen LogP contribution in [0.15, 0.2) is 24.5 Å². The second-order valence-corrected chi connectivity index (χ2v) is 5.04. The van der Waals surface area contributed by atoms with Crippen molar-refractivity contribution < 1.29 is 28.3 Å². The lowest BCUT2D eigenvalue weighted by molar-refractivity contribution is 0.0701. The molecule has 0 bridgehead atoms. The number of aromatic nitrogens is 2. The summed E-state index contributed by atoms with van der Waals surface area (Å²) in [4.78, 5) is 18.0. The van der Waals surface area contributed by atoms with Gasteiger partial charge in [0.25, 0.3) is 5.91 Å². The summed E-state index contributed by atoms with van der Waals surface area (Å²) in [6, 6.07) is 2.09. The van der Waals surface area contributed by atoms with Gasteiger partial charge in [0.2, 0.25) is 5.82 Å². The first kappa shape index (κ1) is 15.8. The number of benzene rings is 1. The Morgan fingerprint density at radius 1 is 1.21 bits per heavy atom. The summed E-state index contributed by atoms with van der Waals surface area (Å²) in [6.45, 7) is 0. The Kier molecular flexibility index (Phi) is 3.86. The number of H-pyrrole nitrogens is 1. The summed E-state index contributed by atoms with van der Waals surface area (Å²) in [6.07, 6.45) is 2.75. The van der Waals surface area contributed by atoms with Crippen LogP contribution in [0.25, 0.3) is 10.9 Å². The normalized spacial score (nSPS) is 11.0. The van der Waals surface area contributed by atoms with E-state index in [1.54, 1.807) is 0 Å². The number of hydroxylamine groups is 1. The Morgan fingerprint density at radius 2 is 1.96 bits per heavy atom. The molecule has 2 heterocycles. The summed E-state index contributed by atoms with van der Waals surface area (Å²) in [5, 5.41) is 18.8. The molecule has 1 amide bonds. The molecule has 6 nitrogen and oxygen atoms in total. The maximum atomic E-state index is 13.4. The molecule has 0 spiro atoms. The van der Waals surface area contributed by atoms with E-state index in [9.17, 15) is 23.1 Å². The second-order valence-electron chi connectivity index (χ2n) is 5.04. The molecule has 0 fully saturated rings. The van der Waals surface area contributed by atoms with E-state index in [2.05, 4.69) is 9.97 Å². The molecule has 0 aliphatic carbocycles. The van der Waals surface area contributed by atoms with Gasteiger partial charge in [-0.15, -0.1) is 0 Å². The number of amides is 1. The van der Waals surface area contributed by atoms with Gasteiger partial charge >= 0.3 is 0 Å². The third kappa shape index (κ3) is 2.54. The number of hydrogen-bond acceptors (Lipinski definition) is 4. The van der Waals surface area contributed by atoms with Gasteiger partial charge in [0.15, 0.2) is 17.4 Å². The Labute approximate surface area is 132 Å². The number of rotatable bonds is 3. The minimum atomic E-state index is -1.74. The van der Waals surface area contributed by atoms with Crippen LogP contribution < -0.4 is 5.48 Å². The number of nitrogens with zero attached hydrogens (tertiary/aromatic N) is 1. The molecule has 0 aliphatic heterocycles. The number of aromatic amines is 1. The molecule has 0 saturated heterocycles. The molecule has 1 aromatic carbocycles. The quantitative estimate of drug-likeness (QED) is 0.335. The first-order valence-corrected chi connectivity index (χ1v) is 6.68. The molecular formula is C15H10F3N3O3. The fourth-order valence-corrected chi connectivity index (χ4v) is 2.38. The van der Waals surface area contributed by atoms with E-state index in [1.807, 2.05) is 0 Å². The van der Waals surface area contributed by atoms with Crippen molar-refractivity contribution in [1.29, 1.82) is 0 Å². The average Bonchev–Trinajstić information content (AvgIpc) is 2.99. The molecule has 9 heteroatoms. The van der Waals surface area contributed by atoms with Crippen LogP contribution in [0.2, 0.25) is 0 Å². The summed E-state index contributed by atoms with van der Waals surface area (Å²) in [5.41, 5.74) is 2.28. The monoisotopic (exact) mass is 337 g/mol. The SMILES string of the molecule is O=C(NO)c1cc2[nH]cc(Cc3cc(F)c(F)c(F)c3O)c2cn1. The average molecular weight is 337 g/mol. The Balaban J connectivity index is 2.01. The summed E-state index contributed by atoms with van der Waals surface area (Å²) in [5.74, 6) is -6.55. The number of carbonyl (C=O) groups excluding carboxylic acids is 1. The van der Waals surface area contributed by atoms with Gasteiger partial charge in [-0.3, -0.25) is 15.0 Å². The van der Waals surface area contributed by atoms with Crippen molar-refractivity contribution in [3.63, 3.8) is 0 Å². The van der Waals surface area contributed by atoms with Crippen LogP contribution >= 0.6 is 0 Å². The van der Waals surface area contributed by atoms with Crippen molar-refractivity contribution in [1.82, 2.24) is 15.4 Å². The fourth-order valence-electron chi connectivity index (χ4n) is 2.38. The van der Waals surface area contributed by atoms with Gasteiger partial charge in [-0.2, -0.15) is 4.39 Å². The van der Waals surface area contributed by atoms with Gasteiger partial charge in [0.1, 0.15) is 5.69 Å². The molecule has 24 heavy (non-hydrogen) atoms. The zero-order chi connectivity index (χ0) is 17.4. The number of aromatic hydroxyl groups is 1. The van der Waals surface area contributed by atoms with Crippen molar-refractivity contribution >= 4 is 16.8 Å². The minimum Gasteiger partial charge on any atom is -0.505 e. The van der Waals surface area contributed by atoms with Crippen LogP contribution in [-0.4, -0.2) is 26.2 Å². The molecule has 3 rings (SSSR count). The lowest BCUT2D eigenvalue weighted by Crippen LogP contribution is -2.19. The Bertz CT molecular complexity index is 956. The smallest absolute Gasteiger partial charge is 0.293 e. The predicted octanol–water partition coefficient (Wildman–Crippen LogP) is 2.40. The van der Waals surface area contributed by atoms with Gasteiger partial charge in [0, 0.05) is 35.3 Å². The fraction of sp³-hybridized carbons (Fsp3) is 0.0667. The van der Waals surface area contributed by atoms with Gasteiger partial charge in [-0.1, -0.05) is 0 Å². The number of pyridine rings is 1. The van der Waals surface area contributed by atoms with Crippen LogP contribution in [0.5, 0.6) is 5.75 Å². The van der Waals surface area contributed by atoms with Gasteiger partial charge in [-0.25, -0.2) is 14.3 Å². The van der Waals surface area contributed by atoms with Crippen molar-refractivity contribution in [2.45, 2.75) is 6.42 Å². The number of phenols is 1. The number of hydrogen-bond donors (Lipinski definition) is 4. The lowest BCUT2D eigenvalue weighted by Gasteiger charge is -2.07. The highest BCUT2D eigenvalue weighted by molar-refractivity contribution is 5.95. The maximum absolute atomic E-state index is 13.4. The molecular weight excluding hydrogens is 327 g/mol. The number of carbonyl (C=O) groups is 1. The highest BCUT2D eigenvalue weighted by Crippen LogP contribution is 2.30. The molecule has 4 N–H and O–H groups in total. The van der Waals surface area contributed by atoms with Crippen LogP contribution in [0.4, 0.5) is 13.2 Å². The van der Waals surface area contributed by atoms with E-state index in [0.29, 0.717) is 22.5 Å². The summed E-state index contributed by atoms with van der Waals surface area (Å²) in [7, 11) is 0. The summed E-state index contributed by atoms with van der Waals surface area (Å²) >= 11 is 0. The largest absolute Gasteiger partial charge is 0.505 e. The van der Waals surface area contributed by atoms with Crippen molar-refractivity contribution in [3.05, 3.63) is 58.8 Å². The molecule has 0 saturated carbocycles. The molecule has 0 aliphatic rings. The number of nitrogens with one attached hydrogen (secondary N) is 2. The molecule has 3 aromatic rings. The number of halogens is 3. The summed E-state index contributed by atoms with van der Waals surface area (Å²) < 4.78 is 39.8. The number of phenolic OH excluding ortho intramolecular Hbond substituents is 1. The van der Waals surface area contributed by atoms with E-state index >= 15 is 0 Å².